The van der Waals surface area contributed by atoms with E-state index in [4.69, 9.17) is 0 Å². The zero-order valence-corrected chi connectivity index (χ0v) is 48.9. The highest BCUT2D eigenvalue weighted by atomic mass is 32.2. The first-order valence-corrected chi connectivity index (χ1v) is 30.5. The Morgan fingerprint density at radius 3 is 1.54 bits per heavy atom. The van der Waals surface area contributed by atoms with Crippen molar-refractivity contribution in [1.82, 2.24) is 51.1 Å². The smallest absolute Gasteiger partial charge is 0.246 e. The molecule has 78 heavy (non-hydrogen) atoms. The van der Waals surface area contributed by atoms with Gasteiger partial charge in [0.1, 0.15) is 18.1 Å². The predicted octanol–water partition coefficient (Wildman–Crippen LogP) is 3.71. The van der Waals surface area contributed by atoms with Gasteiger partial charge in [0.15, 0.2) is 0 Å². The molecule has 3 aromatic rings. The van der Waals surface area contributed by atoms with Gasteiger partial charge in [0, 0.05) is 43.3 Å². The molecule has 2 heterocycles. The molecule has 5 amide bonds. The maximum absolute atomic E-state index is 14.9. The number of benzene rings is 3. The third kappa shape index (κ3) is 14.0. The van der Waals surface area contributed by atoms with Crippen LogP contribution in [0.15, 0.2) is 82.6 Å². The van der Waals surface area contributed by atoms with Crippen molar-refractivity contribution in [2.45, 2.75) is 190 Å². The lowest BCUT2D eigenvalue weighted by molar-refractivity contribution is -0.144. The second-order valence-corrected chi connectivity index (χ2v) is 27.5. The molecule has 7 rings (SSSR count). The number of nitrogens with one attached hydrogen (secondary N) is 8. The summed E-state index contributed by atoms with van der Waals surface area (Å²) in [5.74, 6) is -2.14. The van der Waals surface area contributed by atoms with Crippen molar-refractivity contribution in [3.8, 4) is 0 Å². The minimum atomic E-state index is -4.51. The molecule has 19 nitrogen and oxygen atoms in total. The summed E-state index contributed by atoms with van der Waals surface area (Å²) in [5.41, 5.74) is 3.01. The van der Waals surface area contributed by atoms with E-state index in [0.717, 1.165) is 49.3 Å². The molecule has 0 aromatic heterocycles. The summed E-state index contributed by atoms with van der Waals surface area (Å²) < 4.78 is 63.4. The molecular formula is C57H84N10O9S2. The molecule has 4 aliphatic rings. The van der Waals surface area contributed by atoms with Gasteiger partial charge in [0.2, 0.25) is 49.6 Å². The van der Waals surface area contributed by atoms with Gasteiger partial charge in [-0.25, -0.2) is 26.3 Å². The first-order chi connectivity index (χ1) is 36.6. The van der Waals surface area contributed by atoms with E-state index in [1.54, 1.807) is 53.6 Å². The minimum Gasteiger partial charge on any atom is -0.347 e. The van der Waals surface area contributed by atoms with E-state index in [0.29, 0.717) is 6.42 Å². The lowest BCUT2D eigenvalue weighted by Gasteiger charge is -2.39. The van der Waals surface area contributed by atoms with E-state index in [1.807, 2.05) is 64.1 Å². The molecule has 2 fully saturated rings. The number of carbonyl (C=O) groups is 5. The topological polar surface area (TPSA) is 256 Å². The van der Waals surface area contributed by atoms with Gasteiger partial charge in [0.05, 0.1) is 27.9 Å². The third-order valence-electron chi connectivity index (χ3n) is 16.1. The number of rotatable bonds is 19. The number of likely N-dealkylation sites (N-methyl/N-ethyl adjacent to an activating group) is 2. The fourth-order valence-electron chi connectivity index (χ4n) is 11.4. The normalized spacial score (nSPS) is 23.7. The average Bonchev–Trinajstić information content (AvgIpc) is 4.18. The molecule has 428 valence electrons. The van der Waals surface area contributed by atoms with Gasteiger partial charge in [-0.3, -0.25) is 24.0 Å². The SMILES string of the molecule is CN[C@@H](C)C(=O)N[C@H](C(=O)N1C[C@@H](NS(=O)(=O)c2cccc(S(=O)(=O)N[C@H]3C[C@@H](C(C)N[C@@H]4CCCc5ccccc54)N(C(=O)[C@@H](NC(=O)[C@H](C)NC)C(C)(C)C)C3)c2)C[C@H]1C(=O)N[C@@H]1CCCc2ccccc21)C(C)(C)C. The van der Waals surface area contributed by atoms with Crippen molar-refractivity contribution in [3.05, 3.63) is 95.1 Å². The molecule has 2 aliphatic heterocycles. The second kappa shape index (κ2) is 24.6. The molecular weight excluding hydrogens is 1030 g/mol. The number of fused-ring (bicyclic) bond motifs is 2. The van der Waals surface area contributed by atoms with Crippen LogP contribution >= 0.6 is 0 Å². The van der Waals surface area contributed by atoms with Gasteiger partial charge >= 0.3 is 0 Å². The number of nitrogens with zero attached hydrogens (tertiary/aromatic N) is 2. The average molecular weight is 1120 g/mol. The van der Waals surface area contributed by atoms with Gasteiger partial charge in [-0.1, -0.05) is 96.1 Å². The Balaban J connectivity index is 1.12. The van der Waals surface area contributed by atoms with Gasteiger partial charge < -0.3 is 41.7 Å². The Kier molecular flexibility index (Phi) is 19.0. The highest BCUT2D eigenvalue weighted by molar-refractivity contribution is 7.90. The van der Waals surface area contributed by atoms with Crippen LogP contribution in [0.4, 0.5) is 0 Å². The van der Waals surface area contributed by atoms with Gasteiger partial charge in [-0.05, 0) is 138 Å². The fourth-order valence-corrected chi connectivity index (χ4v) is 14.1. The Morgan fingerprint density at radius 2 is 1.04 bits per heavy atom. The van der Waals surface area contributed by atoms with Crippen LogP contribution in [0.3, 0.4) is 0 Å². The molecule has 3 aromatic carbocycles. The van der Waals surface area contributed by atoms with Crippen molar-refractivity contribution in [3.63, 3.8) is 0 Å². The van der Waals surface area contributed by atoms with Crippen LogP contribution in [0.5, 0.6) is 0 Å². The molecule has 8 N–H and O–H groups in total. The highest BCUT2D eigenvalue weighted by Gasteiger charge is 2.48. The van der Waals surface area contributed by atoms with E-state index in [9.17, 15) is 40.8 Å². The standard InChI is InChI=1S/C57H84N10O9S2/c1-34(60-45-27-16-21-37-19-12-14-25-43(37)45)47-29-39(32-66(47)54(71)49(56(4,5)6)62-51(68)35(2)58-10)64-77(73,74)41-23-18-24-42(31-41)78(75,76)65-40-30-48(53(70)61-46-28-17-22-38-20-13-15-26-44(38)46)67(33-40)55(72)50(57(7,8)9)63-52(69)36(3)59-11/h12-15,18-20,23-26,31,34-36,39-40,45-50,58-60,64-65H,16-17,21-22,27-30,32-33H2,1-11H3,(H,61,70)(H,62,68)(H,63,69)/t34?,35-,36-,39-,40-,45+,46+,47-,48-,49+,50+/m0/s1. The lowest BCUT2D eigenvalue weighted by atomic mass is 9.85. The van der Waals surface area contributed by atoms with Crippen LogP contribution in [0, 0.1) is 10.8 Å². The zero-order chi connectivity index (χ0) is 57.1. The van der Waals surface area contributed by atoms with Crippen LogP contribution < -0.4 is 41.3 Å². The summed E-state index contributed by atoms with van der Waals surface area (Å²) in [6.45, 7) is 16.1. The van der Waals surface area contributed by atoms with E-state index >= 15 is 0 Å². The summed E-state index contributed by atoms with van der Waals surface area (Å²) in [6, 6.07) is 13.8. The van der Waals surface area contributed by atoms with Crippen molar-refractivity contribution >= 4 is 49.6 Å². The van der Waals surface area contributed by atoms with Crippen molar-refractivity contribution in [2.75, 3.05) is 27.2 Å². The Labute approximate surface area is 462 Å². The molecule has 0 bridgehead atoms. The molecule has 2 saturated heterocycles. The molecule has 11 atom stereocenters. The molecule has 1 unspecified atom stereocenters. The second-order valence-electron chi connectivity index (χ2n) is 24.0. The Bertz CT molecular complexity index is 2910. The minimum absolute atomic E-state index is 0.00131. The molecule has 0 radical (unpaired) electrons. The number of amides is 5. The first kappa shape index (κ1) is 60.4. The summed E-state index contributed by atoms with van der Waals surface area (Å²) in [7, 11) is -5.67. The van der Waals surface area contributed by atoms with Crippen LogP contribution in [0.25, 0.3) is 0 Å². The molecule has 21 heteroatoms. The first-order valence-electron chi connectivity index (χ1n) is 27.6. The number of likely N-dealkylation sites (tertiary alicyclic amines) is 2. The number of sulfonamides is 2. The van der Waals surface area contributed by atoms with Crippen LogP contribution in [-0.2, 0) is 56.9 Å². The third-order valence-corrected chi connectivity index (χ3v) is 19.2. The van der Waals surface area contributed by atoms with Crippen molar-refractivity contribution in [1.29, 1.82) is 0 Å². The highest BCUT2D eigenvalue weighted by Crippen LogP contribution is 2.35. The largest absolute Gasteiger partial charge is 0.347 e. The van der Waals surface area contributed by atoms with Crippen molar-refractivity contribution in [2.24, 2.45) is 10.8 Å². The number of aryl methyl sites for hydroxylation is 2. The van der Waals surface area contributed by atoms with Gasteiger partial charge in [-0.15, -0.1) is 0 Å². The Morgan fingerprint density at radius 1 is 0.590 bits per heavy atom. The van der Waals surface area contributed by atoms with E-state index < -0.39 is 96.9 Å². The van der Waals surface area contributed by atoms with Crippen molar-refractivity contribution < 1.29 is 40.8 Å². The summed E-state index contributed by atoms with van der Waals surface area (Å²) >= 11 is 0. The van der Waals surface area contributed by atoms with E-state index in [2.05, 4.69) is 53.5 Å². The molecule has 0 spiro atoms. The number of carbonyl (C=O) groups excluding carboxylic acids is 5. The predicted molar refractivity (Wildman–Crippen MR) is 300 cm³/mol. The number of hydrogen-bond acceptors (Lipinski definition) is 12. The van der Waals surface area contributed by atoms with Gasteiger partial charge in [0.25, 0.3) is 0 Å². The maximum Gasteiger partial charge on any atom is 0.246 e. The lowest BCUT2D eigenvalue weighted by Crippen LogP contribution is -2.60. The molecule has 0 saturated carbocycles. The monoisotopic (exact) mass is 1120 g/mol. The summed E-state index contributed by atoms with van der Waals surface area (Å²) in [5, 5.41) is 18.6. The van der Waals surface area contributed by atoms with E-state index in [-0.39, 0.29) is 65.7 Å². The summed E-state index contributed by atoms with van der Waals surface area (Å²) in [4.78, 5) is 73.0. The summed E-state index contributed by atoms with van der Waals surface area (Å²) in [6.07, 6.45) is 5.32. The zero-order valence-electron chi connectivity index (χ0n) is 47.2. The van der Waals surface area contributed by atoms with Crippen LogP contribution in [-0.4, -0.2) is 138 Å². The van der Waals surface area contributed by atoms with Crippen LogP contribution in [0.1, 0.15) is 135 Å². The number of hydrogen-bond donors (Lipinski definition) is 8. The Hall–Kier alpha value is -5.29. The van der Waals surface area contributed by atoms with Gasteiger partial charge in [-0.2, -0.15) is 0 Å². The fraction of sp³-hybridized carbons (Fsp3) is 0.596. The van der Waals surface area contributed by atoms with E-state index in [1.165, 1.54) is 34.2 Å². The maximum atomic E-state index is 14.9. The molecule has 2 aliphatic carbocycles. The quantitative estimate of drug-likeness (QED) is 0.0856. The van der Waals surface area contributed by atoms with Crippen LogP contribution in [0.2, 0.25) is 0 Å².